The van der Waals surface area contributed by atoms with Crippen molar-refractivity contribution in [2.24, 2.45) is 0 Å². The van der Waals surface area contributed by atoms with Gasteiger partial charge in [-0.2, -0.15) is 0 Å². The number of halogens is 2. The molecular formula is C27H26Br2O9. The third-order valence-corrected chi connectivity index (χ3v) is 6.17. The Morgan fingerprint density at radius 1 is 0.553 bits per heavy atom. The molecule has 0 spiro atoms. The maximum atomic E-state index is 10.6. The van der Waals surface area contributed by atoms with Gasteiger partial charge in [-0.25, -0.2) is 0 Å². The molecule has 3 aromatic rings. The Morgan fingerprint density at radius 2 is 0.921 bits per heavy atom. The minimum Gasteiger partial charge on any atom is -0.507 e. The molecule has 1 N–H and O–H groups in total. The summed E-state index contributed by atoms with van der Waals surface area (Å²) < 4.78 is 21.8. The predicted octanol–water partition coefficient (Wildman–Crippen LogP) is 5.88. The van der Waals surface area contributed by atoms with E-state index in [4.69, 9.17) is 24.1 Å². The van der Waals surface area contributed by atoms with Crippen molar-refractivity contribution in [3.63, 3.8) is 0 Å². The molecule has 3 aromatic carbocycles. The summed E-state index contributed by atoms with van der Waals surface area (Å²) in [5.41, 5.74) is 2.01. The lowest BCUT2D eigenvalue weighted by Gasteiger charge is -2.08. The van der Waals surface area contributed by atoms with Gasteiger partial charge < -0.3 is 24.1 Å². The van der Waals surface area contributed by atoms with Crippen LogP contribution in [-0.4, -0.2) is 58.7 Å². The number of phenolic OH excluding ortho intramolecular Hbond substituents is 1. The number of hydrogen-bond acceptors (Lipinski definition) is 9. The topological polar surface area (TPSA) is 125 Å². The van der Waals surface area contributed by atoms with Crippen LogP contribution in [0.25, 0.3) is 0 Å². The highest BCUT2D eigenvalue weighted by molar-refractivity contribution is 9.11. The fourth-order valence-corrected chi connectivity index (χ4v) is 3.88. The highest BCUT2D eigenvalue weighted by Gasteiger charge is 2.10. The van der Waals surface area contributed by atoms with Gasteiger partial charge >= 0.3 is 0 Å². The number of carbonyl (C=O) groups is 4. The molecule has 0 fully saturated rings. The number of rotatable bonds is 8. The highest BCUT2D eigenvalue weighted by Crippen LogP contribution is 2.35. The van der Waals surface area contributed by atoms with E-state index >= 15 is 0 Å². The summed E-state index contributed by atoms with van der Waals surface area (Å²) in [7, 11) is 6.12. The van der Waals surface area contributed by atoms with E-state index < -0.39 is 0 Å². The molecule has 202 valence electrons. The number of carbonyl (C=O) groups excluding carboxylic acids is 4. The number of hydrogen-bond donors (Lipinski definition) is 1. The summed E-state index contributed by atoms with van der Waals surface area (Å²) in [6.07, 6.45) is 2.49. The fraction of sp³-hybridized carbons (Fsp3) is 0.185. The zero-order valence-electron chi connectivity index (χ0n) is 21.2. The molecule has 0 aliphatic heterocycles. The number of aldehydes is 4. The average molecular weight is 654 g/mol. The monoisotopic (exact) mass is 652 g/mol. The van der Waals surface area contributed by atoms with E-state index in [-0.39, 0.29) is 11.3 Å². The molecule has 3 rings (SSSR count). The van der Waals surface area contributed by atoms with Crippen LogP contribution >= 0.6 is 31.9 Å². The van der Waals surface area contributed by atoms with Crippen LogP contribution in [0.2, 0.25) is 0 Å². The first-order valence-corrected chi connectivity index (χ1v) is 12.2. The van der Waals surface area contributed by atoms with Crippen molar-refractivity contribution in [1.82, 2.24) is 0 Å². The molecule has 38 heavy (non-hydrogen) atoms. The van der Waals surface area contributed by atoms with Crippen LogP contribution in [0.5, 0.6) is 28.7 Å². The van der Waals surface area contributed by atoms with Gasteiger partial charge in [-0.3, -0.25) is 19.2 Å². The lowest BCUT2D eigenvalue weighted by atomic mass is 10.1. The van der Waals surface area contributed by atoms with Crippen molar-refractivity contribution in [3.05, 3.63) is 73.2 Å². The average Bonchev–Trinajstić information content (AvgIpc) is 2.94. The molecule has 0 radical (unpaired) electrons. The predicted molar refractivity (Wildman–Crippen MR) is 149 cm³/mol. The van der Waals surface area contributed by atoms with Crippen molar-refractivity contribution < 1.29 is 43.2 Å². The van der Waals surface area contributed by atoms with E-state index in [2.05, 4.69) is 31.9 Å². The maximum absolute atomic E-state index is 10.6. The van der Waals surface area contributed by atoms with Gasteiger partial charge in [0.2, 0.25) is 0 Å². The van der Waals surface area contributed by atoms with Gasteiger partial charge in [0.1, 0.15) is 35.0 Å². The second-order valence-corrected chi connectivity index (χ2v) is 8.91. The zero-order valence-corrected chi connectivity index (χ0v) is 24.4. The summed E-state index contributed by atoms with van der Waals surface area (Å²) in [5, 5.41) is 9.16. The molecule has 0 aromatic heterocycles. The lowest BCUT2D eigenvalue weighted by molar-refractivity contribution is 0.110. The van der Waals surface area contributed by atoms with Crippen LogP contribution in [0.4, 0.5) is 0 Å². The normalized spacial score (nSPS) is 9.45. The second-order valence-electron chi connectivity index (χ2n) is 7.20. The van der Waals surface area contributed by atoms with E-state index in [1.165, 1.54) is 38.5 Å². The summed E-state index contributed by atoms with van der Waals surface area (Å²) in [4.78, 5) is 42.0. The Morgan fingerprint density at radius 3 is 1.24 bits per heavy atom. The fourth-order valence-electron chi connectivity index (χ4n) is 2.91. The molecule has 0 bridgehead atoms. The quantitative estimate of drug-likeness (QED) is 0.297. The number of benzene rings is 3. The number of aryl methyl sites for hydroxylation is 1. The van der Waals surface area contributed by atoms with Gasteiger partial charge in [0, 0.05) is 5.56 Å². The van der Waals surface area contributed by atoms with E-state index in [0.717, 1.165) is 20.4 Å². The van der Waals surface area contributed by atoms with Crippen molar-refractivity contribution in [2.75, 3.05) is 28.4 Å². The molecule has 0 heterocycles. The molecule has 0 aliphatic carbocycles. The first kappa shape index (κ1) is 32.3. The molecule has 0 amide bonds. The SMILES string of the molecule is COc1cc(Br)c(OC)cc1Br.COc1cc(C=O)c(OC)cc1C=O.Cc1cc(C=O)c(O)cc1C=O. The van der Waals surface area contributed by atoms with Crippen LogP contribution in [-0.2, 0) is 0 Å². The second kappa shape index (κ2) is 16.2. The molecule has 0 saturated heterocycles. The summed E-state index contributed by atoms with van der Waals surface area (Å²) in [5.74, 6) is 2.13. The van der Waals surface area contributed by atoms with Crippen molar-refractivity contribution >= 4 is 57.0 Å². The molecule has 0 aliphatic rings. The number of aromatic hydroxyl groups is 1. The number of ether oxygens (including phenoxy) is 4. The molecule has 11 heteroatoms. The van der Waals surface area contributed by atoms with E-state index in [9.17, 15) is 19.2 Å². The Kier molecular flexibility index (Phi) is 13.8. The minimum atomic E-state index is -0.155. The summed E-state index contributed by atoms with van der Waals surface area (Å²) in [6.45, 7) is 1.70. The number of phenols is 1. The van der Waals surface area contributed by atoms with Gasteiger partial charge in [-0.05, 0) is 80.7 Å². The van der Waals surface area contributed by atoms with Crippen LogP contribution in [0.3, 0.4) is 0 Å². The highest BCUT2D eigenvalue weighted by atomic mass is 79.9. The van der Waals surface area contributed by atoms with Gasteiger partial charge in [-0.15, -0.1) is 0 Å². The van der Waals surface area contributed by atoms with Gasteiger partial charge in [-0.1, -0.05) is 0 Å². The third kappa shape index (κ3) is 8.70. The van der Waals surface area contributed by atoms with Crippen LogP contribution in [0.15, 0.2) is 45.3 Å². The summed E-state index contributed by atoms with van der Waals surface area (Å²) >= 11 is 6.71. The number of methoxy groups -OCH3 is 4. The Labute approximate surface area is 236 Å². The van der Waals surface area contributed by atoms with Crippen LogP contribution in [0, 0.1) is 6.92 Å². The largest absolute Gasteiger partial charge is 0.507 e. The zero-order chi connectivity index (χ0) is 28.8. The van der Waals surface area contributed by atoms with Crippen LogP contribution < -0.4 is 18.9 Å². The van der Waals surface area contributed by atoms with Crippen molar-refractivity contribution in [2.45, 2.75) is 6.92 Å². The first-order chi connectivity index (χ1) is 18.1. The summed E-state index contributed by atoms with van der Waals surface area (Å²) in [6, 6.07) is 9.40. The van der Waals surface area contributed by atoms with Gasteiger partial charge in [0.25, 0.3) is 0 Å². The Bertz CT molecular complexity index is 1190. The smallest absolute Gasteiger partial charge is 0.153 e. The molecule has 0 atom stereocenters. The lowest BCUT2D eigenvalue weighted by Crippen LogP contribution is -1.96. The van der Waals surface area contributed by atoms with E-state index in [0.29, 0.717) is 58.9 Å². The minimum absolute atomic E-state index is 0.155. The molecular weight excluding hydrogens is 628 g/mol. The maximum Gasteiger partial charge on any atom is 0.153 e. The Hall–Kier alpha value is -3.70. The molecule has 0 unspecified atom stereocenters. The van der Waals surface area contributed by atoms with E-state index in [1.54, 1.807) is 21.1 Å². The first-order valence-electron chi connectivity index (χ1n) is 10.6. The Balaban J connectivity index is 0.000000286. The van der Waals surface area contributed by atoms with E-state index in [1.807, 2.05) is 12.1 Å². The van der Waals surface area contributed by atoms with Crippen molar-refractivity contribution in [3.8, 4) is 28.7 Å². The third-order valence-electron chi connectivity index (χ3n) is 4.93. The van der Waals surface area contributed by atoms with Crippen LogP contribution in [0.1, 0.15) is 47.0 Å². The molecule has 9 nitrogen and oxygen atoms in total. The van der Waals surface area contributed by atoms with Crippen molar-refractivity contribution in [1.29, 1.82) is 0 Å². The van der Waals surface area contributed by atoms with Gasteiger partial charge in [0.05, 0.1) is 54.1 Å². The standard InChI is InChI=1S/C10H10O4.C9H8O3.C8H8Br2O2/c1-13-9-3-8(6-12)10(14-2)4-7(9)5-11;1-6-2-8(5-11)9(12)3-7(6)4-10;1-11-7-3-6(10)8(12-2)4-5(7)9/h3-6H,1-2H3;2-5,12H,1H3;3-4H,1-2H3. The molecule has 0 saturated carbocycles. The van der Waals surface area contributed by atoms with Gasteiger partial charge in [0.15, 0.2) is 18.9 Å².